The van der Waals surface area contributed by atoms with Crippen LogP contribution in [0.25, 0.3) is 17.0 Å². The highest BCUT2D eigenvalue weighted by molar-refractivity contribution is 5.62. The number of hydrogen-bond acceptors (Lipinski definition) is 2. The summed E-state index contributed by atoms with van der Waals surface area (Å²) >= 11 is 0. The van der Waals surface area contributed by atoms with E-state index in [0.29, 0.717) is 16.8 Å². The fourth-order valence-corrected chi connectivity index (χ4v) is 1.44. The maximum Gasteiger partial charge on any atom is 0.126 e. The number of benzene rings is 1. The molecule has 0 saturated heterocycles. The molecular weight excluding hydrogens is 224 g/mol. The Bertz CT molecular complexity index is 544. The number of rotatable bonds is 2. The molecule has 0 aliphatic heterocycles. The van der Waals surface area contributed by atoms with Crippen molar-refractivity contribution in [2.24, 2.45) is 0 Å². The second kappa shape index (κ2) is 4.33. The van der Waals surface area contributed by atoms with Gasteiger partial charge in [-0.25, -0.2) is 8.78 Å². The molecule has 1 heterocycles. The van der Waals surface area contributed by atoms with Crippen molar-refractivity contribution in [1.29, 1.82) is 0 Å². The summed E-state index contributed by atoms with van der Waals surface area (Å²) in [7, 11) is 0. The first-order valence-electron chi connectivity index (χ1n) is 4.87. The molecule has 86 valence electrons. The lowest BCUT2D eigenvalue weighted by Gasteiger charge is -2.03. The zero-order valence-corrected chi connectivity index (χ0v) is 8.82. The summed E-state index contributed by atoms with van der Waals surface area (Å²) in [5, 5.41) is 9.12. The van der Waals surface area contributed by atoms with E-state index >= 15 is 0 Å². The Balaban J connectivity index is 2.43. The number of halogens is 2. The quantitative estimate of drug-likeness (QED) is 0.804. The van der Waals surface area contributed by atoms with Crippen LogP contribution in [0.4, 0.5) is 8.78 Å². The molecule has 0 spiro atoms. The maximum absolute atomic E-state index is 13.0. The zero-order chi connectivity index (χ0) is 12.4. The van der Waals surface area contributed by atoms with Crippen LogP contribution in [0, 0.1) is 11.6 Å². The minimum Gasteiger partial charge on any atom is -0.508 e. The molecule has 0 radical (unpaired) electrons. The van der Waals surface area contributed by atoms with E-state index in [0.717, 1.165) is 6.07 Å². The molecule has 0 saturated carbocycles. The number of aliphatic hydroxyl groups excluding tert-OH is 1. The molecule has 1 N–H and O–H groups in total. The van der Waals surface area contributed by atoms with Crippen LogP contribution >= 0.6 is 0 Å². The van der Waals surface area contributed by atoms with Gasteiger partial charge in [-0.1, -0.05) is 6.58 Å². The first-order valence-corrected chi connectivity index (χ1v) is 4.87. The van der Waals surface area contributed by atoms with E-state index in [1.165, 1.54) is 18.3 Å². The van der Waals surface area contributed by atoms with Gasteiger partial charge in [0.25, 0.3) is 0 Å². The molecule has 2 aromatic rings. The lowest BCUT2D eigenvalue weighted by atomic mass is 10.1. The SMILES string of the molecule is C=C(O)c1ccc(-c2cc(F)cc(F)c2)nc1. The van der Waals surface area contributed by atoms with Gasteiger partial charge in [0.15, 0.2) is 0 Å². The summed E-state index contributed by atoms with van der Waals surface area (Å²) in [6, 6.07) is 6.32. The van der Waals surface area contributed by atoms with Crippen molar-refractivity contribution in [2.45, 2.75) is 0 Å². The average Bonchev–Trinajstić information content (AvgIpc) is 2.28. The molecule has 1 aromatic carbocycles. The third-order valence-electron chi connectivity index (χ3n) is 2.26. The van der Waals surface area contributed by atoms with Crippen molar-refractivity contribution in [3.63, 3.8) is 0 Å². The van der Waals surface area contributed by atoms with E-state index in [1.54, 1.807) is 12.1 Å². The number of pyridine rings is 1. The molecule has 2 nitrogen and oxygen atoms in total. The molecule has 0 aliphatic carbocycles. The van der Waals surface area contributed by atoms with Crippen molar-refractivity contribution in [3.8, 4) is 11.3 Å². The Morgan fingerprint density at radius 2 is 1.76 bits per heavy atom. The van der Waals surface area contributed by atoms with Gasteiger partial charge in [-0.15, -0.1) is 0 Å². The number of aromatic nitrogens is 1. The molecule has 17 heavy (non-hydrogen) atoms. The lowest BCUT2D eigenvalue weighted by molar-refractivity contribution is 0.513. The number of aliphatic hydroxyl groups is 1. The van der Waals surface area contributed by atoms with Crippen molar-refractivity contribution in [1.82, 2.24) is 4.98 Å². The molecule has 0 fully saturated rings. The van der Waals surface area contributed by atoms with Crippen molar-refractivity contribution in [2.75, 3.05) is 0 Å². The van der Waals surface area contributed by atoms with Crippen LogP contribution < -0.4 is 0 Å². The molecule has 0 amide bonds. The smallest absolute Gasteiger partial charge is 0.126 e. The van der Waals surface area contributed by atoms with Crippen LogP contribution in [0.2, 0.25) is 0 Å². The van der Waals surface area contributed by atoms with Gasteiger partial charge in [0, 0.05) is 23.4 Å². The zero-order valence-electron chi connectivity index (χ0n) is 8.82. The Morgan fingerprint density at radius 3 is 2.24 bits per heavy atom. The maximum atomic E-state index is 13.0. The van der Waals surface area contributed by atoms with Crippen molar-refractivity contribution < 1.29 is 13.9 Å². The van der Waals surface area contributed by atoms with Crippen LogP contribution in [-0.4, -0.2) is 10.1 Å². The van der Waals surface area contributed by atoms with Gasteiger partial charge in [0.05, 0.1) is 5.69 Å². The summed E-state index contributed by atoms with van der Waals surface area (Å²) in [6.45, 7) is 3.35. The van der Waals surface area contributed by atoms with Crippen LogP contribution in [0.5, 0.6) is 0 Å². The molecule has 1 aromatic heterocycles. The molecule has 0 aliphatic rings. The lowest BCUT2D eigenvalue weighted by Crippen LogP contribution is -1.89. The highest BCUT2D eigenvalue weighted by atomic mass is 19.1. The fraction of sp³-hybridized carbons (Fsp3) is 0. The molecule has 0 bridgehead atoms. The van der Waals surface area contributed by atoms with E-state index < -0.39 is 11.6 Å². The normalized spacial score (nSPS) is 10.2. The highest BCUT2D eigenvalue weighted by Crippen LogP contribution is 2.20. The summed E-state index contributed by atoms with van der Waals surface area (Å²) in [6.07, 6.45) is 1.39. The Hall–Kier alpha value is -2.23. The van der Waals surface area contributed by atoms with Gasteiger partial charge >= 0.3 is 0 Å². The first kappa shape index (κ1) is 11.3. The highest BCUT2D eigenvalue weighted by Gasteiger charge is 2.05. The van der Waals surface area contributed by atoms with E-state index in [4.69, 9.17) is 5.11 Å². The van der Waals surface area contributed by atoms with E-state index in [9.17, 15) is 8.78 Å². The van der Waals surface area contributed by atoms with Gasteiger partial charge in [-0.2, -0.15) is 0 Å². The first-order chi connectivity index (χ1) is 8.06. The summed E-state index contributed by atoms with van der Waals surface area (Å²) < 4.78 is 26.0. The second-order valence-corrected chi connectivity index (χ2v) is 3.54. The molecule has 0 atom stereocenters. The van der Waals surface area contributed by atoms with E-state index in [-0.39, 0.29) is 5.76 Å². The van der Waals surface area contributed by atoms with Crippen molar-refractivity contribution >= 4 is 5.76 Å². The average molecular weight is 233 g/mol. The van der Waals surface area contributed by atoms with Crippen LogP contribution in [0.3, 0.4) is 0 Å². The van der Waals surface area contributed by atoms with E-state index in [1.807, 2.05) is 0 Å². The molecular formula is C13H9F2NO. The minimum atomic E-state index is -0.655. The largest absolute Gasteiger partial charge is 0.508 e. The Morgan fingerprint density at radius 1 is 1.12 bits per heavy atom. The molecule has 4 heteroatoms. The van der Waals surface area contributed by atoms with Crippen LogP contribution in [-0.2, 0) is 0 Å². The van der Waals surface area contributed by atoms with Crippen LogP contribution in [0.15, 0.2) is 43.1 Å². The summed E-state index contributed by atoms with van der Waals surface area (Å²) in [4.78, 5) is 4.00. The standard InChI is InChI=1S/C13H9F2NO/c1-8(17)9-2-3-13(16-7-9)10-4-11(14)6-12(15)5-10/h2-7,17H,1H2. The van der Waals surface area contributed by atoms with E-state index in [2.05, 4.69) is 11.6 Å². The Kier molecular flexibility index (Phi) is 2.87. The fourth-order valence-electron chi connectivity index (χ4n) is 1.44. The van der Waals surface area contributed by atoms with Gasteiger partial charge in [0.2, 0.25) is 0 Å². The monoisotopic (exact) mass is 233 g/mol. The third-order valence-corrected chi connectivity index (χ3v) is 2.26. The number of hydrogen-bond donors (Lipinski definition) is 1. The third kappa shape index (κ3) is 2.47. The van der Waals surface area contributed by atoms with Crippen molar-refractivity contribution in [3.05, 3.63) is 60.3 Å². The topological polar surface area (TPSA) is 33.1 Å². The van der Waals surface area contributed by atoms with Crippen LogP contribution in [0.1, 0.15) is 5.56 Å². The Labute approximate surface area is 96.9 Å². The predicted octanol–water partition coefficient (Wildman–Crippen LogP) is 3.56. The predicted molar refractivity (Wildman–Crippen MR) is 61.3 cm³/mol. The molecule has 2 rings (SSSR count). The summed E-state index contributed by atoms with van der Waals surface area (Å²) in [5.74, 6) is -1.41. The minimum absolute atomic E-state index is 0.102. The summed E-state index contributed by atoms with van der Waals surface area (Å²) in [5.41, 5.74) is 1.23. The van der Waals surface area contributed by atoms with Gasteiger partial charge in [0.1, 0.15) is 17.4 Å². The van der Waals surface area contributed by atoms with Gasteiger partial charge in [-0.05, 0) is 24.3 Å². The second-order valence-electron chi connectivity index (χ2n) is 3.54. The van der Waals surface area contributed by atoms with Gasteiger partial charge < -0.3 is 5.11 Å². The number of nitrogens with zero attached hydrogens (tertiary/aromatic N) is 1. The van der Waals surface area contributed by atoms with Gasteiger partial charge in [-0.3, -0.25) is 4.98 Å². The molecule has 0 unspecified atom stereocenters.